The van der Waals surface area contributed by atoms with E-state index in [0.29, 0.717) is 0 Å². The first-order valence-electron chi connectivity index (χ1n) is 4.42. The van der Waals surface area contributed by atoms with Gasteiger partial charge in [-0.2, -0.15) is 0 Å². The van der Waals surface area contributed by atoms with Crippen molar-refractivity contribution in [2.45, 2.75) is 18.9 Å². The Morgan fingerprint density at radius 2 is 2.07 bits per heavy atom. The summed E-state index contributed by atoms with van der Waals surface area (Å²) in [7, 11) is 0. The average Bonchev–Trinajstić information content (AvgIpc) is 2.21. The van der Waals surface area contributed by atoms with Crippen LogP contribution < -0.4 is 5.73 Å². The summed E-state index contributed by atoms with van der Waals surface area (Å²) in [5.41, 5.74) is 3.77. The molecule has 1 rings (SSSR count). The van der Waals surface area contributed by atoms with Crippen molar-refractivity contribution >= 4 is 0 Å². The van der Waals surface area contributed by atoms with E-state index in [-0.39, 0.29) is 18.5 Å². The number of halogens is 2. The molecule has 0 radical (unpaired) electrons. The van der Waals surface area contributed by atoms with Crippen LogP contribution in [0.4, 0.5) is 8.78 Å². The first-order chi connectivity index (χ1) is 6.55. The van der Waals surface area contributed by atoms with Gasteiger partial charge in [0, 0.05) is 12.1 Å². The molecular weight excluding hydrogens is 188 g/mol. The van der Waals surface area contributed by atoms with Crippen molar-refractivity contribution in [1.82, 2.24) is 0 Å². The fourth-order valence-electron chi connectivity index (χ4n) is 1.31. The molecule has 78 valence electrons. The van der Waals surface area contributed by atoms with E-state index in [1.165, 1.54) is 12.1 Å². The zero-order chi connectivity index (χ0) is 10.8. The van der Waals surface area contributed by atoms with Gasteiger partial charge in [0.2, 0.25) is 0 Å². The van der Waals surface area contributed by atoms with E-state index in [4.69, 9.17) is 5.73 Å². The van der Waals surface area contributed by atoms with Crippen molar-refractivity contribution in [1.29, 1.82) is 0 Å². The summed E-state index contributed by atoms with van der Waals surface area (Å²) in [5, 5.41) is 9.87. The molecule has 3 N–H and O–H groups in total. The third-order valence-corrected chi connectivity index (χ3v) is 2.38. The normalized spacial score (nSPS) is 15.2. The molecule has 0 aliphatic carbocycles. The third kappa shape index (κ3) is 1.76. The van der Waals surface area contributed by atoms with Crippen LogP contribution in [0.5, 0.6) is 0 Å². The molecule has 0 heterocycles. The second-order valence-corrected chi connectivity index (χ2v) is 3.19. The molecule has 0 fully saturated rings. The van der Waals surface area contributed by atoms with Crippen molar-refractivity contribution < 1.29 is 13.9 Å². The Hall–Kier alpha value is -1.00. The maximum absolute atomic E-state index is 13.3. The highest BCUT2D eigenvalue weighted by molar-refractivity contribution is 5.25. The number of nitrogens with two attached hydrogens (primary N) is 1. The lowest BCUT2D eigenvalue weighted by Gasteiger charge is -2.25. The Bertz CT molecular complexity index is 324. The van der Waals surface area contributed by atoms with E-state index in [1.54, 1.807) is 6.92 Å². The molecule has 0 saturated heterocycles. The quantitative estimate of drug-likeness (QED) is 0.778. The Kier molecular flexibility index (Phi) is 3.18. The van der Waals surface area contributed by atoms with Gasteiger partial charge in [-0.3, -0.25) is 0 Å². The van der Waals surface area contributed by atoms with E-state index in [9.17, 15) is 13.9 Å². The van der Waals surface area contributed by atoms with Gasteiger partial charge in [-0.15, -0.1) is 0 Å². The van der Waals surface area contributed by atoms with E-state index < -0.39 is 17.2 Å². The summed E-state index contributed by atoms with van der Waals surface area (Å²) in [6.45, 7) is 1.53. The molecule has 1 atom stereocenters. The Balaban J connectivity index is 3.24. The average molecular weight is 201 g/mol. The third-order valence-electron chi connectivity index (χ3n) is 2.38. The van der Waals surface area contributed by atoms with Crippen molar-refractivity contribution in [3.63, 3.8) is 0 Å². The minimum atomic E-state index is -1.48. The van der Waals surface area contributed by atoms with Gasteiger partial charge in [0.25, 0.3) is 0 Å². The van der Waals surface area contributed by atoms with Crippen LogP contribution in [0.1, 0.15) is 18.9 Å². The second-order valence-electron chi connectivity index (χ2n) is 3.19. The van der Waals surface area contributed by atoms with Crippen molar-refractivity contribution in [3.8, 4) is 0 Å². The molecule has 1 unspecified atom stereocenters. The molecule has 14 heavy (non-hydrogen) atoms. The van der Waals surface area contributed by atoms with E-state index in [0.717, 1.165) is 6.07 Å². The van der Waals surface area contributed by atoms with Gasteiger partial charge < -0.3 is 10.8 Å². The van der Waals surface area contributed by atoms with Crippen LogP contribution in [0, 0.1) is 11.6 Å². The summed E-state index contributed by atoms with van der Waals surface area (Å²) >= 11 is 0. The van der Waals surface area contributed by atoms with Crippen LogP contribution >= 0.6 is 0 Å². The molecule has 0 spiro atoms. The Morgan fingerprint density at radius 1 is 1.43 bits per heavy atom. The van der Waals surface area contributed by atoms with Crippen molar-refractivity contribution in [2.75, 3.05) is 6.54 Å². The predicted octanol–water partition coefficient (Wildman–Crippen LogP) is 1.52. The van der Waals surface area contributed by atoms with Gasteiger partial charge in [-0.25, -0.2) is 8.78 Å². The lowest BCUT2D eigenvalue weighted by Crippen LogP contribution is -2.35. The van der Waals surface area contributed by atoms with Crippen LogP contribution in [0.15, 0.2) is 18.2 Å². The summed E-state index contributed by atoms with van der Waals surface area (Å²) in [6.07, 6.45) is 0.240. The lowest BCUT2D eigenvalue weighted by molar-refractivity contribution is 0.0375. The van der Waals surface area contributed by atoms with Crippen LogP contribution in [-0.2, 0) is 5.60 Å². The van der Waals surface area contributed by atoms with Gasteiger partial charge >= 0.3 is 0 Å². The molecule has 0 amide bonds. The molecule has 2 nitrogen and oxygen atoms in total. The summed E-state index contributed by atoms with van der Waals surface area (Å²) in [4.78, 5) is 0. The highest BCUT2D eigenvalue weighted by Gasteiger charge is 2.29. The smallest absolute Gasteiger partial charge is 0.164 e. The number of aliphatic hydroxyl groups is 1. The number of benzene rings is 1. The first-order valence-corrected chi connectivity index (χ1v) is 4.42. The first kappa shape index (κ1) is 11.1. The zero-order valence-electron chi connectivity index (χ0n) is 7.93. The molecule has 0 aromatic heterocycles. The number of hydrogen-bond donors (Lipinski definition) is 2. The van der Waals surface area contributed by atoms with Gasteiger partial charge in [-0.05, 0) is 12.5 Å². The fourth-order valence-corrected chi connectivity index (χ4v) is 1.31. The fraction of sp³-hybridized carbons (Fsp3) is 0.400. The van der Waals surface area contributed by atoms with Crippen LogP contribution in [0.25, 0.3) is 0 Å². The highest BCUT2D eigenvalue weighted by atomic mass is 19.2. The SMILES string of the molecule is CCC(O)(CN)c1cccc(F)c1F. The number of hydrogen-bond acceptors (Lipinski definition) is 2. The molecule has 0 aliphatic heterocycles. The topological polar surface area (TPSA) is 46.2 Å². The number of rotatable bonds is 3. The van der Waals surface area contributed by atoms with Crippen LogP contribution in [0.3, 0.4) is 0 Å². The van der Waals surface area contributed by atoms with E-state index >= 15 is 0 Å². The standard InChI is InChI=1S/C10H13F2NO/c1-2-10(14,6-13)7-4-3-5-8(11)9(7)12/h3-5,14H,2,6,13H2,1H3. The molecule has 1 aromatic carbocycles. The van der Waals surface area contributed by atoms with Crippen LogP contribution in [-0.4, -0.2) is 11.7 Å². The molecule has 0 saturated carbocycles. The zero-order valence-corrected chi connectivity index (χ0v) is 7.93. The maximum Gasteiger partial charge on any atom is 0.164 e. The Morgan fingerprint density at radius 3 is 2.57 bits per heavy atom. The second kappa shape index (κ2) is 4.02. The van der Waals surface area contributed by atoms with Crippen molar-refractivity contribution in [3.05, 3.63) is 35.4 Å². The van der Waals surface area contributed by atoms with E-state index in [1.807, 2.05) is 0 Å². The molecule has 0 bridgehead atoms. The lowest BCUT2D eigenvalue weighted by atomic mass is 9.91. The summed E-state index contributed by atoms with van der Waals surface area (Å²) in [5.74, 6) is -2.00. The maximum atomic E-state index is 13.3. The summed E-state index contributed by atoms with van der Waals surface area (Å²) in [6, 6.07) is 3.70. The Labute approximate surface area is 81.4 Å². The largest absolute Gasteiger partial charge is 0.384 e. The van der Waals surface area contributed by atoms with Gasteiger partial charge in [-0.1, -0.05) is 19.1 Å². The predicted molar refractivity (Wildman–Crippen MR) is 49.6 cm³/mol. The van der Waals surface area contributed by atoms with Crippen LogP contribution in [0.2, 0.25) is 0 Å². The van der Waals surface area contributed by atoms with Gasteiger partial charge in [0.15, 0.2) is 11.6 Å². The molecular formula is C10H13F2NO. The highest BCUT2D eigenvalue weighted by Crippen LogP contribution is 2.27. The molecule has 1 aromatic rings. The van der Waals surface area contributed by atoms with Gasteiger partial charge in [0.1, 0.15) is 5.60 Å². The van der Waals surface area contributed by atoms with E-state index in [2.05, 4.69) is 0 Å². The van der Waals surface area contributed by atoms with Crippen molar-refractivity contribution in [2.24, 2.45) is 5.73 Å². The molecule has 0 aliphatic rings. The minimum absolute atomic E-state index is 0.0810. The monoisotopic (exact) mass is 201 g/mol. The summed E-state index contributed by atoms with van der Waals surface area (Å²) < 4.78 is 26.1. The molecule has 4 heteroatoms. The minimum Gasteiger partial charge on any atom is -0.384 e. The van der Waals surface area contributed by atoms with Gasteiger partial charge in [0.05, 0.1) is 0 Å².